The van der Waals surface area contributed by atoms with Gasteiger partial charge in [-0.2, -0.15) is 0 Å². The van der Waals surface area contributed by atoms with Gasteiger partial charge >= 0.3 is 5.97 Å². The van der Waals surface area contributed by atoms with Gasteiger partial charge in [0, 0.05) is 5.56 Å². The molecule has 0 amide bonds. The Labute approximate surface area is 120 Å². The van der Waals surface area contributed by atoms with Gasteiger partial charge in [0.05, 0.1) is 13.7 Å². The van der Waals surface area contributed by atoms with Crippen molar-refractivity contribution in [1.82, 2.24) is 0 Å². The van der Waals surface area contributed by atoms with E-state index in [9.17, 15) is 4.79 Å². The molecule has 100 valence electrons. The number of benzene rings is 2. The maximum atomic E-state index is 11.8. The van der Waals surface area contributed by atoms with Crippen molar-refractivity contribution < 1.29 is 14.3 Å². The highest BCUT2D eigenvalue weighted by molar-refractivity contribution is 9.09. The van der Waals surface area contributed by atoms with Crippen LogP contribution in [0.4, 0.5) is 0 Å². The van der Waals surface area contributed by atoms with Gasteiger partial charge in [0.2, 0.25) is 0 Å². The van der Waals surface area contributed by atoms with E-state index in [0.717, 1.165) is 16.3 Å². The number of halogens is 1. The Balaban J connectivity index is 2.48. The molecule has 1 unspecified atom stereocenters. The van der Waals surface area contributed by atoms with E-state index in [1.165, 1.54) is 0 Å². The Morgan fingerprint density at radius 2 is 1.89 bits per heavy atom. The third kappa shape index (κ3) is 2.89. The summed E-state index contributed by atoms with van der Waals surface area (Å²) in [6.45, 7) is 2.14. The molecule has 0 radical (unpaired) electrons. The van der Waals surface area contributed by atoms with E-state index in [-0.39, 0.29) is 5.97 Å². The molecule has 0 bridgehead atoms. The van der Waals surface area contributed by atoms with Crippen LogP contribution >= 0.6 is 15.9 Å². The minimum atomic E-state index is -0.521. The fourth-order valence-electron chi connectivity index (χ4n) is 1.95. The lowest BCUT2D eigenvalue weighted by molar-refractivity contribution is -0.142. The van der Waals surface area contributed by atoms with Gasteiger partial charge in [-0.15, -0.1) is 0 Å². The van der Waals surface area contributed by atoms with Gasteiger partial charge in [0.1, 0.15) is 10.6 Å². The molecule has 0 aliphatic carbocycles. The average molecular weight is 323 g/mol. The largest absolute Gasteiger partial charge is 0.496 e. The Morgan fingerprint density at radius 1 is 1.26 bits per heavy atom. The molecular weight excluding hydrogens is 308 g/mol. The summed E-state index contributed by atoms with van der Waals surface area (Å²) in [4.78, 5) is 11.3. The molecule has 0 saturated carbocycles. The Bertz CT molecular complexity index is 595. The molecule has 2 aromatic carbocycles. The molecule has 3 nitrogen and oxygen atoms in total. The van der Waals surface area contributed by atoms with E-state index in [1.54, 1.807) is 14.0 Å². The van der Waals surface area contributed by atoms with Crippen LogP contribution in [0, 0.1) is 0 Å². The molecule has 0 aromatic heterocycles. The van der Waals surface area contributed by atoms with Gasteiger partial charge in [0.15, 0.2) is 0 Å². The van der Waals surface area contributed by atoms with Gasteiger partial charge in [-0.05, 0) is 29.8 Å². The number of rotatable bonds is 4. The summed E-state index contributed by atoms with van der Waals surface area (Å²) < 4.78 is 10.4. The van der Waals surface area contributed by atoms with Gasteiger partial charge < -0.3 is 9.47 Å². The highest BCUT2D eigenvalue weighted by atomic mass is 79.9. The molecule has 4 heteroatoms. The molecule has 0 aliphatic rings. The van der Waals surface area contributed by atoms with Gasteiger partial charge in [-0.1, -0.05) is 40.2 Å². The molecule has 2 rings (SSSR count). The van der Waals surface area contributed by atoms with E-state index < -0.39 is 4.83 Å². The zero-order chi connectivity index (χ0) is 13.8. The lowest BCUT2D eigenvalue weighted by atomic mass is 10.0. The van der Waals surface area contributed by atoms with Crippen LogP contribution in [0.1, 0.15) is 17.3 Å². The van der Waals surface area contributed by atoms with Crippen molar-refractivity contribution in [1.29, 1.82) is 0 Å². The SMILES string of the molecule is CCOC(=O)C(Br)c1cc2ccccc2cc1OC. The molecule has 0 N–H and O–H groups in total. The third-order valence-electron chi connectivity index (χ3n) is 2.86. The highest BCUT2D eigenvalue weighted by Crippen LogP contribution is 2.35. The van der Waals surface area contributed by atoms with Crippen molar-refractivity contribution in [2.45, 2.75) is 11.8 Å². The zero-order valence-corrected chi connectivity index (χ0v) is 12.4. The maximum absolute atomic E-state index is 11.8. The van der Waals surface area contributed by atoms with E-state index in [1.807, 2.05) is 36.4 Å². The highest BCUT2D eigenvalue weighted by Gasteiger charge is 2.22. The normalized spacial score (nSPS) is 12.2. The first kappa shape index (κ1) is 13.9. The Hall–Kier alpha value is -1.55. The first-order chi connectivity index (χ1) is 9.17. The summed E-state index contributed by atoms with van der Waals surface area (Å²) in [6, 6.07) is 11.8. The van der Waals surface area contributed by atoms with E-state index >= 15 is 0 Å². The van der Waals surface area contributed by atoms with E-state index in [0.29, 0.717) is 12.4 Å². The molecule has 2 aromatic rings. The number of methoxy groups -OCH3 is 1. The molecule has 0 fully saturated rings. The minimum absolute atomic E-state index is 0.309. The summed E-state index contributed by atoms with van der Waals surface area (Å²) in [5.74, 6) is 0.365. The number of hydrogen-bond acceptors (Lipinski definition) is 3. The molecule has 0 saturated heterocycles. The molecule has 0 spiro atoms. The molecular formula is C15H15BrO3. The second-order valence-electron chi connectivity index (χ2n) is 4.06. The van der Waals surface area contributed by atoms with Crippen LogP contribution in [0.15, 0.2) is 36.4 Å². The lowest BCUT2D eigenvalue weighted by Crippen LogP contribution is -2.11. The number of ether oxygens (including phenoxy) is 2. The predicted molar refractivity (Wildman–Crippen MR) is 78.8 cm³/mol. The number of esters is 1. The minimum Gasteiger partial charge on any atom is -0.496 e. The summed E-state index contributed by atoms with van der Waals surface area (Å²) >= 11 is 3.38. The van der Waals surface area contributed by atoms with Gasteiger partial charge in [-0.3, -0.25) is 4.79 Å². The van der Waals surface area contributed by atoms with Crippen LogP contribution < -0.4 is 4.74 Å². The average Bonchev–Trinajstić information content (AvgIpc) is 2.45. The molecule has 0 heterocycles. The zero-order valence-electron chi connectivity index (χ0n) is 10.9. The van der Waals surface area contributed by atoms with Crippen LogP contribution in [0.25, 0.3) is 10.8 Å². The van der Waals surface area contributed by atoms with Crippen molar-refractivity contribution in [2.75, 3.05) is 13.7 Å². The number of carbonyl (C=O) groups is 1. The Morgan fingerprint density at radius 3 is 2.47 bits per heavy atom. The number of carbonyl (C=O) groups excluding carboxylic acids is 1. The van der Waals surface area contributed by atoms with Crippen molar-refractivity contribution in [2.24, 2.45) is 0 Å². The first-order valence-corrected chi connectivity index (χ1v) is 6.96. The van der Waals surface area contributed by atoms with E-state index in [2.05, 4.69) is 15.9 Å². The number of alkyl halides is 1. The lowest BCUT2D eigenvalue weighted by Gasteiger charge is -2.14. The van der Waals surface area contributed by atoms with Crippen LogP contribution in [0.2, 0.25) is 0 Å². The van der Waals surface area contributed by atoms with Gasteiger partial charge in [0.25, 0.3) is 0 Å². The van der Waals surface area contributed by atoms with Crippen molar-refractivity contribution in [3.63, 3.8) is 0 Å². The Kier molecular flexibility index (Phi) is 4.43. The predicted octanol–water partition coefficient (Wildman–Crippen LogP) is 3.85. The second-order valence-corrected chi connectivity index (χ2v) is 4.97. The summed E-state index contributed by atoms with van der Waals surface area (Å²) in [7, 11) is 1.60. The van der Waals surface area contributed by atoms with Crippen molar-refractivity contribution in [3.05, 3.63) is 42.0 Å². The smallest absolute Gasteiger partial charge is 0.324 e. The molecule has 1 atom stereocenters. The molecule has 0 aliphatic heterocycles. The van der Waals surface area contributed by atoms with Crippen LogP contribution in [0.3, 0.4) is 0 Å². The number of hydrogen-bond donors (Lipinski definition) is 0. The van der Waals surface area contributed by atoms with Gasteiger partial charge in [-0.25, -0.2) is 0 Å². The summed E-state index contributed by atoms with van der Waals surface area (Å²) in [5.41, 5.74) is 0.777. The summed E-state index contributed by atoms with van der Waals surface area (Å²) in [6.07, 6.45) is 0. The molecule has 19 heavy (non-hydrogen) atoms. The summed E-state index contributed by atoms with van der Waals surface area (Å²) in [5, 5.41) is 2.14. The van der Waals surface area contributed by atoms with Crippen molar-refractivity contribution >= 4 is 32.7 Å². The van der Waals surface area contributed by atoms with E-state index in [4.69, 9.17) is 9.47 Å². The standard InChI is InChI=1S/C15H15BrO3/c1-3-19-15(17)14(16)12-8-10-6-4-5-7-11(10)9-13(12)18-2/h4-9,14H,3H2,1-2H3. The van der Waals surface area contributed by atoms with Crippen LogP contribution in [0.5, 0.6) is 5.75 Å². The maximum Gasteiger partial charge on any atom is 0.324 e. The van der Waals surface area contributed by atoms with Crippen LogP contribution in [-0.2, 0) is 9.53 Å². The first-order valence-electron chi connectivity index (χ1n) is 6.04. The topological polar surface area (TPSA) is 35.5 Å². The fourth-order valence-corrected chi connectivity index (χ4v) is 2.44. The number of fused-ring (bicyclic) bond motifs is 1. The monoisotopic (exact) mass is 322 g/mol. The van der Waals surface area contributed by atoms with Crippen LogP contribution in [-0.4, -0.2) is 19.7 Å². The second kappa shape index (κ2) is 6.06. The third-order valence-corrected chi connectivity index (χ3v) is 3.73. The van der Waals surface area contributed by atoms with Crippen molar-refractivity contribution in [3.8, 4) is 5.75 Å². The fraction of sp³-hybridized carbons (Fsp3) is 0.267. The quantitative estimate of drug-likeness (QED) is 0.633.